The second-order valence-electron chi connectivity index (χ2n) is 23.7. The van der Waals surface area contributed by atoms with Gasteiger partial charge in [-0.3, -0.25) is 28.7 Å². The zero-order valence-corrected chi connectivity index (χ0v) is 73.6. The van der Waals surface area contributed by atoms with E-state index in [1.54, 1.807) is 121 Å². The van der Waals surface area contributed by atoms with E-state index in [2.05, 4.69) is 91.6 Å². The second-order valence-corrected chi connectivity index (χ2v) is 32.0. The van der Waals surface area contributed by atoms with Crippen LogP contribution in [0.1, 0.15) is 72.6 Å². The summed E-state index contributed by atoms with van der Waals surface area (Å²) in [6.07, 6.45) is 16.7. The van der Waals surface area contributed by atoms with Crippen LogP contribution < -0.4 is 0 Å². The number of benzene rings is 3. The number of halogens is 9. The molecular formula is C81H85Cl7F2N16OS5. The molecule has 3 aromatic carbocycles. The van der Waals surface area contributed by atoms with E-state index in [9.17, 15) is 8.78 Å². The van der Waals surface area contributed by atoms with Gasteiger partial charge in [-0.2, -0.15) is 20.4 Å². The molecule has 0 radical (unpaired) electrons. The summed E-state index contributed by atoms with van der Waals surface area (Å²) < 4.78 is 38.7. The van der Waals surface area contributed by atoms with Gasteiger partial charge in [-0.15, -0.1) is 56.7 Å². The Morgan fingerprint density at radius 3 is 1.42 bits per heavy atom. The molecule has 0 spiro atoms. The first-order chi connectivity index (χ1) is 53.4. The number of furan rings is 1. The van der Waals surface area contributed by atoms with Crippen molar-refractivity contribution in [2.24, 2.45) is 28.2 Å². The Hall–Kier alpha value is -8.73. The van der Waals surface area contributed by atoms with E-state index in [0.717, 1.165) is 115 Å². The number of hydrogen-bond acceptors (Lipinski definition) is 18. The highest BCUT2D eigenvalue weighted by Crippen LogP contribution is 2.31. The molecule has 588 valence electrons. The maximum atomic E-state index is 13.3. The predicted octanol–water partition coefficient (Wildman–Crippen LogP) is 25.9. The molecule has 0 aliphatic heterocycles. The van der Waals surface area contributed by atoms with E-state index in [1.807, 2.05) is 203 Å². The molecule has 0 aliphatic carbocycles. The van der Waals surface area contributed by atoms with Gasteiger partial charge in [0.25, 0.3) is 0 Å². The highest BCUT2D eigenvalue weighted by atomic mass is 35.5. The third-order valence-electron chi connectivity index (χ3n) is 14.8. The van der Waals surface area contributed by atoms with Gasteiger partial charge in [0.15, 0.2) is 5.76 Å². The fourth-order valence-corrected chi connectivity index (χ4v) is 13.2. The first-order valence-electron chi connectivity index (χ1n) is 34.0. The number of pyridine rings is 2. The summed E-state index contributed by atoms with van der Waals surface area (Å²) in [7, 11) is 7.50. The lowest BCUT2D eigenvalue weighted by molar-refractivity contribution is 0.578. The molecule has 0 amide bonds. The molecule has 0 atom stereocenters. The summed E-state index contributed by atoms with van der Waals surface area (Å²) in [5.41, 5.74) is 13.2. The van der Waals surface area contributed by atoms with Crippen LogP contribution in [-0.4, -0.2) is 79.0 Å². The number of nitrogens with zero attached hydrogens (tertiary/aromatic N) is 16. The van der Waals surface area contributed by atoms with Crippen molar-refractivity contribution < 1.29 is 14.6 Å². The molecule has 16 rings (SSSR count). The van der Waals surface area contributed by atoms with Gasteiger partial charge in [0.05, 0.1) is 88.2 Å². The van der Waals surface area contributed by atoms with Gasteiger partial charge in [-0.1, -0.05) is 131 Å². The van der Waals surface area contributed by atoms with Crippen LogP contribution in [0.4, 0.5) is 8.78 Å². The Labute approximate surface area is 709 Å². The number of aryl methyl sites for hydroxylation is 15. The average molecular weight is 1750 g/mol. The molecule has 17 nitrogen and oxygen atoms in total. The molecule has 0 aliphatic rings. The number of hydrogen-bond donors (Lipinski definition) is 0. The van der Waals surface area contributed by atoms with E-state index in [-0.39, 0.29) is 6.99 Å². The summed E-state index contributed by atoms with van der Waals surface area (Å²) in [6.45, 7) is 23.7. The van der Waals surface area contributed by atoms with Gasteiger partial charge in [0.2, 0.25) is 0 Å². The molecule has 13 aromatic heterocycles. The normalized spacial score (nSPS) is 10.0. The van der Waals surface area contributed by atoms with Crippen molar-refractivity contribution in [3.63, 3.8) is 0 Å². The SMILES string of the molecule is CCc1ccc(Cl)cc1.Cc1ccc(Cl)cc1Cl.Cc1cccnc1Cl.Cc1cccnc1Cl.Cc1cccs1.Cc1nc(-c2c(F)cccc2F)cs1.Cc1nc(-c2cnccn2)cs1.Cc1nc(-c2cnn(C)c2Cl)cs1.Cc1nc(C)c(-c2ccn(C)n2)s1.Cc1nn(C)c(C)c1Cl.Cn1ccc(-c2ccco2)n1.[2HH]. The molecule has 112 heavy (non-hydrogen) atoms. The Morgan fingerprint density at radius 2 is 1.04 bits per heavy atom. The molecular weight excluding hydrogens is 1660 g/mol. The second kappa shape index (κ2) is 47.7. The third kappa shape index (κ3) is 31.3. The fraction of sp³-hybridized carbons (Fsp3) is 0.210. The highest BCUT2D eigenvalue weighted by Gasteiger charge is 2.15. The molecule has 0 saturated carbocycles. The van der Waals surface area contributed by atoms with Crippen LogP contribution in [0.25, 0.3) is 55.9 Å². The Balaban J connectivity index is 0.000000223. The lowest BCUT2D eigenvalue weighted by atomic mass is 10.1. The van der Waals surface area contributed by atoms with Crippen LogP contribution >= 0.6 is 138 Å². The van der Waals surface area contributed by atoms with Crippen LogP contribution in [-0.2, 0) is 34.6 Å². The molecule has 0 bridgehead atoms. The summed E-state index contributed by atoms with van der Waals surface area (Å²) >= 11 is 48.1. The number of rotatable bonds is 6. The van der Waals surface area contributed by atoms with Crippen molar-refractivity contribution in [3.05, 3.63) is 310 Å². The van der Waals surface area contributed by atoms with Gasteiger partial charge >= 0.3 is 0 Å². The van der Waals surface area contributed by atoms with E-state index in [0.29, 0.717) is 26.2 Å². The minimum absolute atomic E-state index is 0. The third-order valence-corrected chi connectivity index (χ3v) is 21.7. The van der Waals surface area contributed by atoms with E-state index >= 15 is 0 Å². The summed E-state index contributed by atoms with van der Waals surface area (Å²) in [5, 5.41) is 33.1. The first kappa shape index (κ1) is 92.1. The topological polar surface area (TPSA) is 188 Å². The van der Waals surface area contributed by atoms with Crippen molar-refractivity contribution in [1.82, 2.24) is 79.0 Å². The monoisotopic (exact) mass is 1740 g/mol. The maximum absolute atomic E-state index is 13.3. The maximum Gasteiger partial charge on any atom is 0.154 e. The lowest BCUT2D eigenvalue weighted by Gasteiger charge is -1.99. The summed E-state index contributed by atoms with van der Waals surface area (Å²) in [5.74, 6) is -0.337. The molecule has 31 heteroatoms. The van der Waals surface area contributed by atoms with Crippen molar-refractivity contribution >= 4 is 138 Å². The lowest BCUT2D eigenvalue weighted by Crippen LogP contribution is -1.91. The molecule has 0 fully saturated rings. The smallest absolute Gasteiger partial charge is 0.154 e. The molecule has 0 N–H and O–H groups in total. The predicted molar refractivity (Wildman–Crippen MR) is 468 cm³/mol. The van der Waals surface area contributed by atoms with Crippen LogP contribution in [0, 0.1) is 87.8 Å². The number of aromatic nitrogens is 16. The summed E-state index contributed by atoms with van der Waals surface area (Å²) in [4.78, 5) is 35.4. The van der Waals surface area contributed by atoms with Crippen LogP contribution in [0.5, 0.6) is 0 Å². The minimum atomic E-state index is -0.574. The van der Waals surface area contributed by atoms with Gasteiger partial charge in [-0.25, -0.2) is 38.7 Å². The largest absolute Gasteiger partial charge is 0.463 e. The van der Waals surface area contributed by atoms with Crippen molar-refractivity contribution in [2.45, 2.75) is 89.5 Å². The number of thiophene rings is 1. The van der Waals surface area contributed by atoms with Crippen LogP contribution in [0.3, 0.4) is 0 Å². The fourth-order valence-electron chi connectivity index (χ4n) is 8.82. The molecule has 16 aromatic rings. The Morgan fingerprint density at radius 1 is 0.473 bits per heavy atom. The van der Waals surface area contributed by atoms with Crippen LogP contribution in [0.15, 0.2) is 203 Å². The minimum Gasteiger partial charge on any atom is -0.463 e. The Bertz CT molecular complexity index is 5250. The van der Waals surface area contributed by atoms with E-state index < -0.39 is 11.6 Å². The molecule has 13 heterocycles. The van der Waals surface area contributed by atoms with Crippen molar-refractivity contribution in [3.8, 4) is 55.9 Å². The zero-order chi connectivity index (χ0) is 82.0. The van der Waals surface area contributed by atoms with Crippen molar-refractivity contribution in [2.75, 3.05) is 0 Å². The van der Waals surface area contributed by atoms with Gasteiger partial charge in [-0.05, 0) is 189 Å². The average Bonchev–Trinajstić information content (AvgIpc) is 1.76. The van der Waals surface area contributed by atoms with E-state index in [4.69, 9.17) is 85.6 Å². The van der Waals surface area contributed by atoms with Gasteiger partial charge in [0.1, 0.15) is 49.9 Å². The molecule has 0 unspecified atom stereocenters. The molecule has 0 saturated heterocycles. The first-order valence-corrected chi connectivity index (χ1v) is 41.0. The quantitative estimate of drug-likeness (QED) is 0.143. The van der Waals surface area contributed by atoms with Gasteiger partial charge < -0.3 is 4.42 Å². The van der Waals surface area contributed by atoms with Gasteiger partial charge in [0, 0.05) is 103 Å². The Kier molecular flexibility index (Phi) is 39.3. The highest BCUT2D eigenvalue weighted by molar-refractivity contribution is 7.15. The summed E-state index contributed by atoms with van der Waals surface area (Å²) in [6, 6.07) is 36.6. The van der Waals surface area contributed by atoms with E-state index in [1.165, 1.54) is 44.9 Å². The van der Waals surface area contributed by atoms with Crippen LogP contribution in [0.2, 0.25) is 35.5 Å². The van der Waals surface area contributed by atoms with Crippen molar-refractivity contribution in [1.29, 1.82) is 0 Å². The number of thiazole rings is 4. The zero-order valence-electron chi connectivity index (χ0n) is 64.3. The standard InChI is InChI=1S/C10H7F2NS.C9H11N3S.C8H8ClN3S.C8H9Cl.C8H7N3S.C8H8N2O.C7H6Cl2.C6H9ClN2.2C6H6ClN.C5H6S.H2/c1-6-13-9(5-14-6)10-7(11)3-2-4-8(10)12;1-6-9(13-7(2)10-6)8-4-5-12(3)11-8;1-5-11-7(4-13-5)6-3-10-12(2)8(6)9;1-2-7-3-5-8(9)6-4-7;1-6-11-8(5-12-6)7-4-9-2-3-10-7;1-10-5-4-7(9-10)8-3-2-6-11-8;1-5-2-3-6(8)4-7(5)9;1-4-6(7)5(2)9(3)8-4;2*1-5-3-2-4-8-6(5)7;1-5-3-2-4-6-5;/h2-5H,1H3;4-5H,1-3H3;3-4H,1-2H3;3-6H,2H2,1H3;2-5H,1H3;2-6H,1H3;2-4H,1H3;1-3H3;2*2-4H,1H3;2-4H,1H3;1H/i;;;;;;;;;;;1+1.